The topological polar surface area (TPSA) is 51.0 Å². The van der Waals surface area contributed by atoms with E-state index in [1.54, 1.807) is 0 Å². The molecule has 0 aliphatic carbocycles. The zero-order valence-electron chi connectivity index (χ0n) is 12.5. The van der Waals surface area contributed by atoms with Gasteiger partial charge < -0.3 is 9.73 Å². The van der Waals surface area contributed by atoms with Gasteiger partial charge in [0.15, 0.2) is 11.5 Å². The van der Waals surface area contributed by atoms with E-state index in [-0.39, 0.29) is 6.04 Å². The van der Waals surface area contributed by atoms with E-state index in [2.05, 4.69) is 36.1 Å². The number of rotatable bonds is 4. The highest BCUT2D eigenvalue weighted by Gasteiger charge is 2.11. The van der Waals surface area contributed by atoms with Gasteiger partial charge in [-0.3, -0.25) is 4.98 Å². The number of hydrogen-bond donors (Lipinski definition) is 1. The molecule has 0 saturated carbocycles. The van der Waals surface area contributed by atoms with Crippen molar-refractivity contribution in [1.29, 1.82) is 0 Å². The van der Waals surface area contributed by atoms with Crippen LogP contribution in [0.3, 0.4) is 0 Å². The number of hydrogen-bond acceptors (Lipinski definition) is 4. The van der Waals surface area contributed by atoms with Gasteiger partial charge in [-0.1, -0.05) is 13.8 Å². The van der Waals surface area contributed by atoms with Gasteiger partial charge in [0.2, 0.25) is 0 Å². The van der Waals surface area contributed by atoms with Crippen LogP contribution >= 0.6 is 0 Å². The van der Waals surface area contributed by atoms with Gasteiger partial charge in [-0.2, -0.15) is 0 Å². The highest BCUT2D eigenvalue weighted by atomic mass is 16.3. The molecule has 0 bridgehead atoms. The van der Waals surface area contributed by atoms with Gasteiger partial charge in [-0.25, -0.2) is 4.98 Å². The van der Waals surface area contributed by atoms with Crippen LogP contribution in [0.15, 0.2) is 47.1 Å². The molecule has 4 heteroatoms. The molecular formula is C17H19N3O. The molecule has 1 aromatic carbocycles. The van der Waals surface area contributed by atoms with Gasteiger partial charge in [0.05, 0.1) is 0 Å². The molecule has 0 aliphatic rings. The summed E-state index contributed by atoms with van der Waals surface area (Å²) in [6.45, 7) is 6.28. The average molecular weight is 281 g/mol. The van der Waals surface area contributed by atoms with Crippen LogP contribution in [-0.4, -0.2) is 9.97 Å². The third-order valence-electron chi connectivity index (χ3n) is 3.49. The lowest BCUT2D eigenvalue weighted by Crippen LogP contribution is -2.06. The summed E-state index contributed by atoms with van der Waals surface area (Å²) in [4.78, 5) is 8.58. The Morgan fingerprint density at radius 2 is 1.81 bits per heavy atom. The molecule has 4 nitrogen and oxygen atoms in total. The minimum Gasteiger partial charge on any atom is -0.440 e. The van der Waals surface area contributed by atoms with Gasteiger partial charge in [0.1, 0.15) is 5.52 Å². The second-order valence-electron chi connectivity index (χ2n) is 5.54. The molecule has 3 rings (SSSR count). The van der Waals surface area contributed by atoms with Crippen molar-refractivity contribution in [3.05, 3.63) is 54.2 Å². The van der Waals surface area contributed by atoms with Gasteiger partial charge in [-0.05, 0) is 42.8 Å². The van der Waals surface area contributed by atoms with E-state index >= 15 is 0 Å². The average Bonchev–Trinajstić information content (AvgIpc) is 2.91. The van der Waals surface area contributed by atoms with Gasteiger partial charge in [-0.15, -0.1) is 0 Å². The van der Waals surface area contributed by atoms with Crippen LogP contribution in [0.5, 0.6) is 0 Å². The Morgan fingerprint density at radius 3 is 2.52 bits per heavy atom. The summed E-state index contributed by atoms with van der Waals surface area (Å²) in [5.74, 6) is 1.08. The summed E-state index contributed by atoms with van der Waals surface area (Å²) >= 11 is 0. The second kappa shape index (κ2) is 5.56. The highest BCUT2D eigenvalue weighted by Crippen LogP contribution is 2.25. The third kappa shape index (κ3) is 2.89. The van der Waals surface area contributed by atoms with E-state index in [1.165, 1.54) is 5.56 Å². The van der Waals surface area contributed by atoms with Crippen molar-refractivity contribution in [2.75, 3.05) is 5.32 Å². The molecule has 0 radical (unpaired) electrons. The molecule has 108 valence electrons. The fourth-order valence-corrected chi connectivity index (χ4v) is 2.27. The van der Waals surface area contributed by atoms with E-state index in [9.17, 15) is 0 Å². The molecule has 2 aromatic heterocycles. The number of anilines is 1. The maximum atomic E-state index is 5.73. The van der Waals surface area contributed by atoms with Crippen molar-refractivity contribution >= 4 is 16.8 Å². The van der Waals surface area contributed by atoms with E-state index in [4.69, 9.17) is 4.42 Å². The van der Waals surface area contributed by atoms with Crippen molar-refractivity contribution in [3.63, 3.8) is 0 Å². The summed E-state index contributed by atoms with van der Waals surface area (Å²) in [6, 6.07) is 10.3. The molecular weight excluding hydrogens is 262 g/mol. The monoisotopic (exact) mass is 281 g/mol. The fourth-order valence-electron chi connectivity index (χ4n) is 2.27. The minimum absolute atomic E-state index is 0.210. The Kier molecular flexibility index (Phi) is 3.60. The van der Waals surface area contributed by atoms with Crippen LogP contribution in [0.2, 0.25) is 0 Å². The number of nitrogens with one attached hydrogen (secondary N) is 1. The van der Waals surface area contributed by atoms with Crippen LogP contribution in [-0.2, 0) is 0 Å². The lowest BCUT2D eigenvalue weighted by Gasteiger charge is -2.15. The lowest BCUT2D eigenvalue weighted by molar-refractivity contribution is 0.501. The Morgan fingerprint density at radius 1 is 1.05 bits per heavy atom. The standard InChI is InChI=1S/C17H19N3O/c1-11(2)17-20-15-10-14(4-5-16(15)21-17)19-12(3)13-6-8-18-9-7-13/h4-12,19H,1-3H3. The molecule has 0 aliphatic heterocycles. The Labute approximate surface area is 124 Å². The molecule has 0 spiro atoms. The van der Waals surface area contributed by atoms with Crippen molar-refractivity contribution in [3.8, 4) is 0 Å². The summed E-state index contributed by atoms with van der Waals surface area (Å²) in [5.41, 5.74) is 3.97. The maximum Gasteiger partial charge on any atom is 0.198 e. The molecule has 0 saturated heterocycles. The first kappa shape index (κ1) is 13.6. The second-order valence-corrected chi connectivity index (χ2v) is 5.54. The Bertz CT molecular complexity index is 734. The van der Waals surface area contributed by atoms with E-state index in [1.807, 2.05) is 42.7 Å². The predicted molar refractivity (Wildman–Crippen MR) is 84.4 cm³/mol. The molecule has 1 unspecified atom stereocenters. The van der Waals surface area contributed by atoms with Gasteiger partial charge in [0, 0.05) is 30.0 Å². The summed E-state index contributed by atoms with van der Waals surface area (Å²) < 4.78 is 5.73. The van der Waals surface area contributed by atoms with Crippen LogP contribution < -0.4 is 5.32 Å². The zero-order valence-corrected chi connectivity index (χ0v) is 12.5. The molecule has 1 N–H and O–H groups in total. The van der Waals surface area contributed by atoms with Crippen molar-refractivity contribution < 1.29 is 4.42 Å². The molecule has 0 amide bonds. The molecule has 2 heterocycles. The largest absolute Gasteiger partial charge is 0.440 e. The zero-order chi connectivity index (χ0) is 14.8. The summed E-state index contributed by atoms with van der Waals surface area (Å²) in [6.07, 6.45) is 3.62. The van der Waals surface area contributed by atoms with E-state index in [0.717, 1.165) is 22.7 Å². The van der Waals surface area contributed by atoms with E-state index < -0.39 is 0 Å². The minimum atomic E-state index is 0.210. The summed E-state index contributed by atoms with van der Waals surface area (Å²) in [5, 5.41) is 3.48. The Hall–Kier alpha value is -2.36. The van der Waals surface area contributed by atoms with Gasteiger partial charge in [0.25, 0.3) is 0 Å². The highest BCUT2D eigenvalue weighted by molar-refractivity contribution is 5.77. The number of benzene rings is 1. The normalized spacial score (nSPS) is 12.8. The van der Waals surface area contributed by atoms with E-state index in [0.29, 0.717) is 5.92 Å². The van der Waals surface area contributed by atoms with Crippen molar-refractivity contribution in [1.82, 2.24) is 9.97 Å². The van der Waals surface area contributed by atoms with Crippen molar-refractivity contribution in [2.45, 2.75) is 32.7 Å². The van der Waals surface area contributed by atoms with Crippen LogP contribution in [0.1, 0.15) is 44.2 Å². The first-order chi connectivity index (χ1) is 10.1. The SMILES string of the molecule is CC(C)c1nc2cc(NC(C)c3ccncc3)ccc2o1. The van der Waals surface area contributed by atoms with Crippen molar-refractivity contribution in [2.24, 2.45) is 0 Å². The maximum absolute atomic E-state index is 5.73. The molecule has 3 aromatic rings. The molecule has 0 fully saturated rings. The Balaban J connectivity index is 1.84. The summed E-state index contributed by atoms with van der Waals surface area (Å²) in [7, 11) is 0. The number of aromatic nitrogens is 2. The quantitative estimate of drug-likeness (QED) is 0.764. The number of nitrogens with zero attached hydrogens (tertiary/aromatic N) is 2. The van der Waals surface area contributed by atoms with Crippen LogP contribution in [0.4, 0.5) is 5.69 Å². The fraction of sp³-hybridized carbons (Fsp3) is 0.294. The first-order valence-electron chi connectivity index (χ1n) is 7.20. The van der Waals surface area contributed by atoms with Crippen LogP contribution in [0.25, 0.3) is 11.1 Å². The predicted octanol–water partition coefficient (Wildman–Crippen LogP) is 4.52. The molecule has 1 atom stereocenters. The number of oxazole rings is 1. The van der Waals surface area contributed by atoms with Gasteiger partial charge >= 0.3 is 0 Å². The first-order valence-corrected chi connectivity index (χ1v) is 7.20. The number of fused-ring (bicyclic) bond motifs is 1. The smallest absolute Gasteiger partial charge is 0.198 e. The lowest BCUT2D eigenvalue weighted by atomic mass is 10.1. The number of pyridine rings is 1. The van der Waals surface area contributed by atoms with Crippen LogP contribution in [0, 0.1) is 0 Å². The molecule has 21 heavy (non-hydrogen) atoms. The third-order valence-corrected chi connectivity index (χ3v) is 3.49.